The first-order valence-electron chi connectivity index (χ1n) is 11.1. The van der Waals surface area contributed by atoms with E-state index in [-0.39, 0.29) is 0 Å². The molecule has 3 aromatic carbocycles. The predicted octanol–water partition coefficient (Wildman–Crippen LogP) is 7.75. The van der Waals surface area contributed by atoms with E-state index in [4.69, 9.17) is 19.4 Å². The van der Waals surface area contributed by atoms with Crippen LogP contribution in [-0.4, -0.2) is 17.7 Å². The van der Waals surface area contributed by atoms with E-state index in [1.165, 1.54) is 44.8 Å². The van der Waals surface area contributed by atoms with Gasteiger partial charge < -0.3 is 9.80 Å². The fourth-order valence-corrected chi connectivity index (χ4v) is 6.53. The predicted molar refractivity (Wildman–Crippen MR) is 144 cm³/mol. The molecule has 0 aliphatic carbocycles. The number of hydrogen-bond acceptors (Lipinski definition) is 2. The van der Waals surface area contributed by atoms with E-state index in [1.54, 1.807) is 0 Å². The maximum absolute atomic E-state index is 5.67. The van der Waals surface area contributed by atoms with E-state index in [0.29, 0.717) is 0 Å². The molecule has 33 heavy (non-hydrogen) atoms. The first-order valence-corrected chi connectivity index (χ1v) is 16.6. The number of halogens is 2. The molecular formula is C28H33Cl2N2Ru-. The second-order valence-corrected chi connectivity index (χ2v) is 14.4. The maximum atomic E-state index is 5.67. The minimum atomic E-state index is -1.61. The fourth-order valence-electron chi connectivity index (χ4n) is 4.70. The normalized spacial score (nSPS) is 13.5. The molecule has 2 nitrogen and oxygen atoms in total. The first-order chi connectivity index (χ1) is 15.7. The van der Waals surface area contributed by atoms with Gasteiger partial charge >= 0.3 is 73.4 Å². The molecule has 1 aliphatic heterocycles. The summed E-state index contributed by atoms with van der Waals surface area (Å²) in [6.07, 6.45) is 0. The van der Waals surface area contributed by atoms with Crippen LogP contribution < -0.4 is 9.80 Å². The van der Waals surface area contributed by atoms with Gasteiger partial charge in [-0.3, -0.25) is 0 Å². The number of rotatable bonds is 3. The van der Waals surface area contributed by atoms with Crippen molar-refractivity contribution in [1.82, 2.24) is 0 Å². The second-order valence-electron chi connectivity index (χ2n) is 8.71. The van der Waals surface area contributed by atoms with Gasteiger partial charge in [0.2, 0.25) is 0 Å². The van der Waals surface area contributed by atoms with Crippen LogP contribution in [0.2, 0.25) is 0 Å². The van der Waals surface area contributed by atoms with Gasteiger partial charge in [0.15, 0.2) is 0 Å². The van der Waals surface area contributed by atoms with Crippen molar-refractivity contribution in [2.75, 3.05) is 22.9 Å². The Kier molecular flexibility index (Phi) is 9.16. The van der Waals surface area contributed by atoms with Crippen LogP contribution in [-0.2, 0) is 13.5 Å². The topological polar surface area (TPSA) is 6.48 Å². The van der Waals surface area contributed by atoms with Gasteiger partial charge in [-0.05, 0) is 63.8 Å². The molecule has 1 heterocycles. The molecule has 0 atom stereocenters. The summed E-state index contributed by atoms with van der Waals surface area (Å²) in [4.78, 5) is 4.81. The molecule has 0 bridgehead atoms. The van der Waals surface area contributed by atoms with E-state index < -0.39 is 13.5 Å². The Balaban J connectivity index is 0.000000257. The van der Waals surface area contributed by atoms with E-state index in [9.17, 15) is 0 Å². The third-order valence-corrected chi connectivity index (χ3v) is 7.57. The average Bonchev–Trinajstić information content (AvgIpc) is 3.16. The standard InChI is InChI=1S/C21H27N2.C7H6.2ClH.Ru/c1-14-9-16(3)20(17(4)10-14)22-7-8-23(13-22)21-18(5)11-15(2)12-19(21)6;1-7-5-3-2-4-6-7;;;/h9-13H,7-8H2,1-6H3;1-6H;2*1H;/q-1;;;;+2/p-2. The molecule has 0 saturated carbocycles. The van der Waals surface area contributed by atoms with Gasteiger partial charge in [-0.25, -0.2) is 0 Å². The van der Waals surface area contributed by atoms with Crippen LogP contribution in [0.3, 0.4) is 0 Å². The van der Waals surface area contributed by atoms with Crippen LogP contribution in [0.5, 0.6) is 0 Å². The van der Waals surface area contributed by atoms with Crippen molar-refractivity contribution in [3.63, 3.8) is 0 Å². The fraction of sp³-hybridized carbons (Fsp3) is 0.286. The van der Waals surface area contributed by atoms with Crippen LogP contribution in [0.1, 0.15) is 38.9 Å². The molecule has 1 fully saturated rings. The summed E-state index contributed by atoms with van der Waals surface area (Å²) in [5.74, 6) is 0. The van der Waals surface area contributed by atoms with Gasteiger partial charge in [0.25, 0.3) is 0 Å². The Morgan fingerprint density at radius 2 is 1.09 bits per heavy atom. The molecule has 3 aromatic rings. The van der Waals surface area contributed by atoms with Crippen LogP contribution in [0.25, 0.3) is 0 Å². The van der Waals surface area contributed by atoms with Crippen LogP contribution in [0.4, 0.5) is 11.4 Å². The van der Waals surface area contributed by atoms with E-state index in [1.807, 2.05) is 34.9 Å². The second kappa shape index (κ2) is 11.6. The number of hydrogen-bond donors (Lipinski definition) is 0. The third-order valence-electron chi connectivity index (χ3n) is 5.70. The Morgan fingerprint density at radius 3 is 1.45 bits per heavy atom. The van der Waals surface area contributed by atoms with E-state index in [0.717, 1.165) is 18.7 Å². The van der Waals surface area contributed by atoms with Crippen molar-refractivity contribution in [2.45, 2.75) is 41.5 Å². The summed E-state index contributed by atoms with van der Waals surface area (Å²) < 4.78 is 1.92. The van der Waals surface area contributed by atoms with Crippen molar-refractivity contribution in [3.05, 3.63) is 100 Å². The Hall–Kier alpha value is -1.67. The molecular weight excluding hydrogens is 536 g/mol. The summed E-state index contributed by atoms with van der Waals surface area (Å²) in [5, 5.41) is 0. The van der Waals surface area contributed by atoms with Crippen LogP contribution in [0.15, 0.2) is 54.6 Å². The number of nitrogens with zero attached hydrogens (tertiary/aromatic N) is 2. The van der Waals surface area contributed by atoms with Gasteiger partial charge in [-0.2, -0.15) is 6.67 Å². The third kappa shape index (κ3) is 6.92. The molecule has 0 spiro atoms. The van der Waals surface area contributed by atoms with Gasteiger partial charge in [0.05, 0.1) is 0 Å². The molecule has 178 valence electrons. The van der Waals surface area contributed by atoms with Crippen molar-refractivity contribution >= 4 is 35.4 Å². The molecule has 0 aromatic heterocycles. The first kappa shape index (κ1) is 25.9. The summed E-state index contributed by atoms with van der Waals surface area (Å²) in [6, 6.07) is 19.0. The summed E-state index contributed by atoms with van der Waals surface area (Å²) in [7, 11) is 11.3. The van der Waals surface area contributed by atoms with Crippen molar-refractivity contribution in [2.24, 2.45) is 0 Å². The average molecular weight is 570 g/mol. The molecule has 0 radical (unpaired) electrons. The van der Waals surface area contributed by atoms with Crippen molar-refractivity contribution in [1.29, 1.82) is 0 Å². The molecule has 0 N–H and O–H groups in total. The summed E-state index contributed by atoms with van der Waals surface area (Å²) >= 11 is -1.61. The molecule has 1 aliphatic rings. The molecule has 4 rings (SSSR count). The van der Waals surface area contributed by atoms with Crippen molar-refractivity contribution in [3.8, 4) is 0 Å². The Bertz CT molecular complexity index is 1030. The Morgan fingerprint density at radius 1 is 0.697 bits per heavy atom. The summed E-state index contributed by atoms with van der Waals surface area (Å²) in [6.45, 7) is 17.6. The number of aryl methyl sites for hydroxylation is 6. The molecule has 0 amide bonds. The Labute approximate surface area is 212 Å². The monoisotopic (exact) mass is 569 g/mol. The zero-order chi connectivity index (χ0) is 24.1. The van der Waals surface area contributed by atoms with E-state index >= 15 is 0 Å². The van der Waals surface area contributed by atoms with Crippen LogP contribution >= 0.6 is 19.4 Å². The van der Waals surface area contributed by atoms with Crippen LogP contribution in [0, 0.1) is 48.2 Å². The van der Waals surface area contributed by atoms with Gasteiger partial charge in [-0.1, -0.05) is 35.4 Å². The van der Waals surface area contributed by atoms with E-state index in [2.05, 4.69) is 82.3 Å². The molecule has 1 saturated heterocycles. The van der Waals surface area contributed by atoms with Crippen molar-refractivity contribution < 1.29 is 13.5 Å². The van der Waals surface area contributed by atoms with Gasteiger partial charge in [0.1, 0.15) is 0 Å². The minimum absolute atomic E-state index is 1.04. The van der Waals surface area contributed by atoms with Gasteiger partial charge in [-0.15, -0.1) is 0 Å². The number of benzene rings is 3. The zero-order valence-electron chi connectivity index (χ0n) is 20.3. The van der Waals surface area contributed by atoms with Gasteiger partial charge in [0, 0.05) is 24.5 Å². The number of anilines is 2. The molecule has 0 unspecified atom stereocenters. The quantitative estimate of drug-likeness (QED) is 0.235. The SMILES string of the molecule is Cc1cc(C)c(N2[CH-]N(c3c(C)cc(C)cc3C)CC2)c(C)c1.[Cl][Ru]([Cl])=[CH]c1ccccc1. The molecule has 5 heteroatoms. The summed E-state index contributed by atoms with van der Waals surface area (Å²) in [5.41, 5.74) is 12.0. The zero-order valence-corrected chi connectivity index (χ0v) is 23.5.